The van der Waals surface area contributed by atoms with Crippen molar-refractivity contribution in [2.75, 3.05) is 25.0 Å². The molecule has 0 radical (unpaired) electrons. The summed E-state index contributed by atoms with van der Waals surface area (Å²) in [5, 5.41) is 11.4. The molecule has 0 unspecified atom stereocenters. The van der Waals surface area contributed by atoms with Crippen LogP contribution in [-0.4, -0.2) is 53.4 Å². The van der Waals surface area contributed by atoms with Gasteiger partial charge in [-0.1, -0.05) is 18.2 Å². The summed E-state index contributed by atoms with van der Waals surface area (Å²) in [4.78, 5) is 23.8. The van der Waals surface area contributed by atoms with E-state index >= 15 is 0 Å². The van der Waals surface area contributed by atoms with Crippen LogP contribution in [0.1, 0.15) is 19.4 Å². The van der Waals surface area contributed by atoms with E-state index in [1.54, 1.807) is 18.3 Å². The second-order valence-electron chi connectivity index (χ2n) is 7.83. The number of aliphatic imine (C=N–C) groups is 1. The Morgan fingerprint density at radius 3 is 2.45 bits per heavy atom. The Morgan fingerprint density at radius 1 is 1.03 bits per heavy atom. The molecule has 1 fully saturated rings. The molecule has 0 bridgehead atoms. The lowest BCUT2D eigenvalue weighted by Crippen LogP contribution is -2.55. The average molecular weight is 390 g/mol. The highest BCUT2D eigenvalue weighted by atomic mass is 16.3. The standard InChI is InChI=1S/C23H26N4O2/c1-15-14-27(16(2)13-26(15)3)18-10-8-17(9-11-18)24-12-21-19-6-4-5-7-20(19)22(28)25-23(21)29/h4-12,15-16H,13-14H2,1-3H3,(H2,25,28,29)/t15-,16+/m1/s1. The SMILES string of the molecule is C[C@@H]1CN(c2ccc(N=Cc3c(O)[nH]c(=O)c4ccccc34)cc2)[C@@H](C)CN1C. The zero-order valence-corrected chi connectivity index (χ0v) is 17.0. The van der Waals surface area contributed by atoms with Gasteiger partial charge in [-0.2, -0.15) is 0 Å². The number of anilines is 1. The summed E-state index contributed by atoms with van der Waals surface area (Å²) in [7, 11) is 2.17. The summed E-state index contributed by atoms with van der Waals surface area (Å²) < 4.78 is 0. The van der Waals surface area contributed by atoms with Crippen molar-refractivity contribution in [3.05, 3.63) is 64.4 Å². The molecule has 0 amide bonds. The fourth-order valence-corrected chi connectivity index (χ4v) is 3.94. The predicted molar refractivity (Wildman–Crippen MR) is 119 cm³/mol. The molecule has 1 aliphatic heterocycles. The zero-order chi connectivity index (χ0) is 20.5. The van der Waals surface area contributed by atoms with Gasteiger partial charge in [0.1, 0.15) is 0 Å². The molecule has 2 aromatic carbocycles. The summed E-state index contributed by atoms with van der Waals surface area (Å²) in [5.41, 5.74) is 2.17. The second-order valence-corrected chi connectivity index (χ2v) is 7.83. The number of H-pyrrole nitrogens is 1. The second kappa shape index (κ2) is 7.72. The third-order valence-electron chi connectivity index (χ3n) is 5.77. The van der Waals surface area contributed by atoms with Crippen LogP contribution in [0.4, 0.5) is 11.4 Å². The molecule has 6 heteroatoms. The van der Waals surface area contributed by atoms with Crippen molar-refractivity contribution in [3.8, 4) is 5.88 Å². The Bertz CT molecular complexity index is 1100. The number of rotatable bonds is 3. The molecule has 1 saturated heterocycles. The summed E-state index contributed by atoms with van der Waals surface area (Å²) in [5.74, 6) is -0.172. The average Bonchev–Trinajstić information content (AvgIpc) is 2.71. The molecule has 1 aliphatic rings. The van der Waals surface area contributed by atoms with Gasteiger partial charge in [0.2, 0.25) is 5.88 Å². The van der Waals surface area contributed by atoms with Crippen LogP contribution in [0.5, 0.6) is 5.88 Å². The Morgan fingerprint density at radius 2 is 1.72 bits per heavy atom. The van der Waals surface area contributed by atoms with Crippen molar-refractivity contribution in [2.24, 2.45) is 4.99 Å². The van der Waals surface area contributed by atoms with Crippen LogP contribution in [0.25, 0.3) is 10.8 Å². The molecule has 6 nitrogen and oxygen atoms in total. The normalized spacial score (nSPS) is 20.6. The van der Waals surface area contributed by atoms with Gasteiger partial charge in [0.15, 0.2) is 0 Å². The van der Waals surface area contributed by atoms with Gasteiger partial charge in [-0.3, -0.25) is 19.7 Å². The smallest absolute Gasteiger partial charge is 0.258 e. The molecule has 150 valence electrons. The summed E-state index contributed by atoms with van der Waals surface area (Å²) >= 11 is 0. The first-order valence-electron chi connectivity index (χ1n) is 9.89. The molecular formula is C23H26N4O2. The molecular weight excluding hydrogens is 364 g/mol. The van der Waals surface area contributed by atoms with Crippen molar-refractivity contribution in [1.82, 2.24) is 9.88 Å². The highest BCUT2D eigenvalue weighted by Crippen LogP contribution is 2.26. The Balaban J connectivity index is 1.59. The number of fused-ring (bicyclic) bond motifs is 1. The van der Waals surface area contributed by atoms with Crippen LogP contribution in [-0.2, 0) is 0 Å². The van der Waals surface area contributed by atoms with Crippen LogP contribution in [0.15, 0.2) is 58.3 Å². The van der Waals surface area contributed by atoms with E-state index in [2.05, 4.69) is 52.8 Å². The number of aromatic hydroxyl groups is 1. The van der Waals surface area contributed by atoms with Gasteiger partial charge in [-0.05, 0) is 51.2 Å². The van der Waals surface area contributed by atoms with Gasteiger partial charge in [-0.15, -0.1) is 0 Å². The van der Waals surface area contributed by atoms with Crippen LogP contribution in [0, 0.1) is 0 Å². The lowest BCUT2D eigenvalue weighted by Gasteiger charge is -2.43. The first kappa shape index (κ1) is 19.2. The van der Waals surface area contributed by atoms with Crippen molar-refractivity contribution in [2.45, 2.75) is 25.9 Å². The molecule has 29 heavy (non-hydrogen) atoms. The van der Waals surface area contributed by atoms with E-state index in [0.717, 1.165) is 18.8 Å². The van der Waals surface area contributed by atoms with E-state index in [1.807, 2.05) is 24.3 Å². The van der Waals surface area contributed by atoms with Gasteiger partial charge in [-0.25, -0.2) is 0 Å². The van der Waals surface area contributed by atoms with Crippen LogP contribution < -0.4 is 10.5 Å². The quantitative estimate of drug-likeness (QED) is 0.672. The van der Waals surface area contributed by atoms with Gasteiger partial charge in [0.25, 0.3) is 5.56 Å². The number of hydrogen-bond acceptors (Lipinski definition) is 5. The Hall–Kier alpha value is -3.12. The maximum atomic E-state index is 12.0. The highest BCUT2D eigenvalue weighted by Gasteiger charge is 2.26. The zero-order valence-electron chi connectivity index (χ0n) is 17.0. The molecule has 4 rings (SSSR count). The fourth-order valence-electron chi connectivity index (χ4n) is 3.94. The Labute approximate surface area is 170 Å². The number of nitrogens with zero attached hydrogens (tertiary/aromatic N) is 3. The number of benzene rings is 2. The molecule has 2 atom stereocenters. The third kappa shape index (κ3) is 3.76. The number of hydrogen-bond donors (Lipinski definition) is 2. The number of aromatic nitrogens is 1. The summed E-state index contributed by atoms with van der Waals surface area (Å²) in [6.07, 6.45) is 1.60. The lowest BCUT2D eigenvalue weighted by molar-refractivity contribution is 0.206. The van der Waals surface area contributed by atoms with Crippen molar-refractivity contribution in [3.63, 3.8) is 0 Å². The maximum absolute atomic E-state index is 12.0. The van der Waals surface area contributed by atoms with Crippen molar-refractivity contribution >= 4 is 28.4 Å². The van der Waals surface area contributed by atoms with Gasteiger partial charge >= 0.3 is 0 Å². The van der Waals surface area contributed by atoms with E-state index in [0.29, 0.717) is 28.4 Å². The number of piperazine rings is 1. The number of pyridine rings is 1. The molecule has 3 aromatic rings. The van der Waals surface area contributed by atoms with E-state index in [1.165, 1.54) is 5.69 Å². The van der Waals surface area contributed by atoms with Gasteiger partial charge < -0.3 is 10.0 Å². The first-order valence-corrected chi connectivity index (χ1v) is 9.89. The topological polar surface area (TPSA) is 71.9 Å². The van der Waals surface area contributed by atoms with Crippen LogP contribution in [0.2, 0.25) is 0 Å². The molecule has 0 aliphatic carbocycles. The number of aromatic amines is 1. The number of likely N-dealkylation sites (N-methyl/N-ethyl adjacent to an activating group) is 1. The van der Waals surface area contributed by atoms with Crippen molar-refractivity contribution < 1.29 is 5.11 Å². The van der Waals surface area contributed by atoms with Crippen molar-refractivity contribution in [1.29, 1.82) is 0 Å². The molecule has 0 saturated carbocycles. The maximum Gasteiger partial charge on any atom is 0.258 e. The van der Waals surface area contributed by atoms with E-state index in [9.17, 15) is 9.90 Å². The minimum atomic E-state index is -0.310. The monoisotopic (exact) mass is 390 g/mol. The minimum Gasteiger partial charge on any atom is -0.494 e. The summed E-state index contributed by atoms with van der Waals surface area (Å²) in [6.45, 7) is 6.54. The molecule has 2 heterocycles. The minimum absolute atomic E-state index is 0.172. The van der Waals surface area contributed by atoms with E-state index in [-0.39, 0.29) is 11.4 Å². The van der Waals surface area contributed by atoms with E-state index in [4.69, 9.17) is 0 Å². The Kier molecular flexibility index (Phi) is 5.11. The molecule has 0 spiro atoms. The van der Waals surface area contributed by atoms with E-state index < -0.39 is 0 Å². The predicted octanol–water partition coefficient (Wildman–Crippen LogP) is 3.51. The van der Waals surface area contributed by atoms with Gasteiger partial charge in [0, 0.05) is 47.8 Å². The first-order chi connectivity index (χ1) is 13.9. The van der Waals surface area contributed by atoms with Gasteiger partial charge in [0.05, 0.1) is 11.3 Å². The third-order valence-corrected chi connectivity index (χ3v) is 5.77. The molecule has 1 aromatic heterocycles. The lowest BCUT2D eigenvalue weighted by atomic mass is 10.1. The largest absolute Gasteiger partial charge is 0.494 e. The molecule has 2 N–H and O–H groups in total. The summed E-state index contributed by atoms with van der Waals surface area (Å²) in [6, 6.07) is 16.3. The van der Waals surface area contributed by atoms with Crippen LogP contribution >= 0.6 is 0 Å². The van der Waals surface area contributed by atoms with Crippen LogP contribution in [0.3, 0.4) is 0 Å². The fraction of sp³-hybridized carbons (Fsp3) is 0.304. The number of nitrogens with one attached hydrogen (secondary N) is 1. The highest BCUT2D eigenvalue weighted by molar-refractivity contribution is 6.01.